The molecule has 21 heavy (non-hydrogen) atoms. The second kappa shape index (κ2) is 7.26. The van der Waals surface area contributed by atoms with Crippen molar-refractivity contribution in [1.82, 2.24) is 4.90 Å². The van der Waals surface area contributed by atoms with E-state index in [4.69, 9.17) is 10.5 Å². The highest BCUT2D eigenvalue weighted by molar-refractivity contribution is 5.94. The van der Waals surface area contributed by atoms with Crippen LogP contribution < -0.4 is 5.73 Å². The molecule has 0 aliphatic carbocycles. The number of ether oxygens (including phenoxy) is 1. The summed E-state index contributed by atoms with van der Waals surface area (Å²) in [6.07, 6.45) is 2.27. The van der Waals surface area contributed by atoms with Gasteiger partial charge in [-0.05, 0) is 37.5 Å². The van der Waals surface area contributed by atoms with Crippen molar-refractivity contribution in [1.29, 1.82) is 0 Å². The predicted octanol–water partition coefficient (Wildman–Crippen LogP) is 1.56. The minimum absolute atomic E-state index is 0.00120. The average Bonchev–Trinajstić information content (AvgIpc) is 2.98. The van der Waals surface area contributed by atoms with Crippen molar-refractivity contribution >= 4 is 5.91 Å². The maximum absolute atomic E-state index is 12.5. The Hall–Kier alpha value is -1.83. The van der Waals surface area contributed by atoms with Crippen LogP contribution in [0.3, 0.4) is 0 Å². The number of carbonyl (C=O) groups excluding carboxylic acids is 1. The highest BCUT2D eigenvalue weighted by atomic mass is 16.5. The molecule has 1 atom stereocenters. The third-order valence-corrected chi connectivity index (χ3v) is 3.66. The molecule has 1 amide bonds. The molecule has 112 valence electrons. The van der Waals surface area contributed by atoms with E-state index in [-0.39, 0.29) is 12.0 Å². The zero-order valence-corrected chi connectivity index (χ0v) is 12.7. The summed E-state index contributed by atoms with van der Waals surface area (Å²) in [6, 6.07) is 5.61. The Kier molecular flexibility index (Phi) is 5.38. The van der Waals surface area contributed by atoms with Crippen LogP contribution in [0.4, 0.5) is 0 Å². The number of rotatable bonds is 3. The van der Waals surface area contributed by atoms with E-state index in [0.29, 0.717) is 18.7 Å². The van der Waals surface area contributed by atoms with Crippen LogP contribution in [-0.2, 0) is 4.74 Å². The monoisotopic (exact) mass is 286 g/mol. The lowest BCUT2D eigenvalue weighted by molar-refractivity contribution is 0.0587. The maximum atomic E-state index is 12.5. The largest absolute Gasteiger partial charge is 0.376 e. The molecule has 1 saturated heterocycles. The second-order valence-electron chi connectivity index (χ2n) is 5.36. The van der Waals surface area contributed by atoms with Gasteiger partial charge in [-0.1, -0.05) is 17.9 Å². The van der Waals surface area contributed by atoms with Crippen molar-refractivity contribution in [2.24, 2.45) is 5.73 Å². The summed E-state index contributed by atoms with van der Waals surface area (Å²) in [6.45, 7) is 3.73. The first kappa shape index (κ1) is 15.6. The molecular formula is C17H22N2O2. The Balaban J connectivity index is 2.10. The fourth-order valence-corrected chi connectivity index (χ4v) is 2.43. The van der Waals surface area contributed by atoms with Gasteiger partial charge < -0.3 is 15.4 Å². The molecule has 1 aromatic rings. The van der Waals surface area contributed by atoms with E-state index in [1.165, 1.54) is 0 Å². The van der Waals surface area contributed by atoms with E-state index in [1.807, 2.05) is 32.2 Å². The van der Waals surface area contributed by atoms with Crippen LogP contribution in [0.1, 0.15) is 34.3 Å². The zero-order chi connectivity index (χ0) is 15.2. The molecular weight excluding hydrogens is 264 g/mol. The molecule has 2 N–H and O–H groups in total. The topological polar surface area (TPSA) is 55.6 Å². The van der Waals surface area contributed by atoms with Crippen LogP contribution in [0.5, 0.6) is 0 Å². The number of amides is 1. The summed E-state index contributed by atoms with van der Waals surface area (Å²) >= 11 is 0. The molecule has 1 fully saturated rings. The Morgan fingerprint density at radius 3 is 3.00 bits per heavy atom. The molecule has 0 aromatic heterocycles. The molecule has 2 rings (SSSR count). The summed E-state index contributed by atoms with van der Waals surface area (Å²) in [5.74, 6) is 5.84. The van der Waals surface area contributed by atoms with E-state index < -0.39 is 0 Å². The summed E-state index contributed by atoms with van der Waals surface area (Å²) in [5, 5.41) is 0. The van der Waals surface area contributed by atoms with Gasteiger partial charge in [0, 0.05) is 31.3 Å². The lowest BCUT2D eigenvalue weighted by Crippen LogP contribution is -2.34. The van der Waals surface area contributed by atoms with Crippen molar-refractivity contribution in [3.05, 3.63) is 34.9 Å². The third-order valence-electron chi connectivity index (χ3n) is 3.66. The standard InChI is InChI=1S/C17H22N2O2/c1-13-7-8-15(11-14(13)5-3-9-18)17(20)19(2)12-16-6-4-10-21-16/h7-8,11,16H,4,6,9-10,12,18H2,1-2H3. The predicted molar refractivity (Wildman–Crippen MR) is 83.0 cm³/mol. The number of benzene rings is 1. The molecule has 1 aliphatic rings. The molecule has 1 aliphatic heterocycles. The van der Waals surface area contributed by atoms with Gasteiger partial charge in [-0.2, -0.15) is 0 Å². The van der Waals surface area contributed by atoms with E-state index in [9.17, 15) is 4.79 Å². The van der Waals surface area contributed by atoms with Crippen molar-refractivity contribution in [2.45, 2.75) is 25.9 Å². The highest BCUT2D eigenvalue weighted by Gasteiger charge is 2.21. The lowest BCUT2D eigenvalue weighted by atomic mass is 10.0. The van der Waals surface area contributed by atoms with Crippen LogP contribution in [0.25, 0.3) is 0 Å². The molecule has 0 saturated carbocycles. The minimum atomic E-state index is 0.00120. The van der Waals surface area contributed by atoms with Crippen LogP contribution in [0.15, 0.2) is 18.2 Å². The SMILES string of the molecule is Cc1ccc(C(=O)N(C)CC2CCCO2)cc1C#CCN. The average molecular weight is 286 g/mol. The van der Waals surface area contributed by atoms with Gasteiger partial charge >= 0.3 is 0 Å². The smallest absolute Gasteiger partial charge is 0.253 e. The van der Waals surface area contributed by atoms with Gasteiger partial charge in [-0.25, -0.2) is 0 Å². The quantitative estimate of drug-likeness (QED) is 0.858. The van der Waals surface area contributed by atoms with Crippen LogP contribution in [0, 0.1) is 18.8 Å². The van der Waals surface area contributed by atoms with Gasteiger partial charge in [-0.3, -0.25) is 4.79 Å². The Morgan fingerprint density at radius 1 is 1.52 bits per heavy atom. The minimum Gasteiger partial charge on any atom is -0.376 e. The molecule has 0 spiro atoms. The fourth-order valence-electron chi connectivity index (χ4n) is 2.43. The first-order valence-corrected chi connectivity index (χ1v) is 7.28. The van der Waals surface area contributed by atoms with Crippen LogP contribution in [0.2, 0.25) is 0 Å². The van der Waals surface area contributed by atoms with E-state index in [2.05, 4.69) is 11.8 Å². The number of likely N-dealkylation sites (N-methyl/N-ethyl adjacent to an activating group) is 1. The summed E-state index contributed by atoms with van der Waals surface area (Å²) in [4.78, 5) is 14.2. The molecule has 4 heteroatoms. The van der Waals surface area contributed by atoms with Crippen LogP contribution in [-0.4, -0.2) is 43.7 Å². The second-order valence-corrected chi connectivity index (χ2v) is 5.36. The molecule has 1 unspecified atom stereocenters. The maximum Gasteiger partial charge on any atom is 0.253 e. The highest BCUT2D eigenvalue weighted by Crippen LogP contribution is 2.15. The Labute approximate surface area is 126 Å². The van der Waals surface area contributed by atoms with E-state index >= 15 is 0 Å². The molecule has 1 heterocycles. The number of hydrogen-bond donors (Lipinski definition) is 1. The molecule has 4 nitrogen and oxygen atoms in total. The van der Waals surface area contributed by atoms with Gasteiger partial charge in [0.1, 0.15) is 0 Å². The van der Waals surface area contributed by atoms with E-state index in [1.54, 1.807) is 4.90 Å². The zero-order valence-electron chi connectivity index (χ0n) is 12.7. The van der Waals surface area contributed by atoms with Gasteiger partial charge in [0.25, 0.3) is 5.91 Å². The van der Waals surface area contributed by atoms with Crippen molar-refractivity contribution in [3.63, 3.8) is 0 Å². The number of nitrogens with two attached hydrogens (primary N) is 1. The van der Waals surface area contributed by atoms with Crippen LogP contribution >= 0.6 is 0 Å². The summed E-state index contributed by atoms with van der Waals surface area (Å²) < 4.78 is 5.58. The van der Waals surface area contributed by atoms with E-state index in [0.717, 1.165) is 30.6 Å². The Morgan fingerprint density at radius 2 is 2.33 bits per heavy atom. The fraction of sp³-hybridized carbons (Fsp3) is 0.471. The number of nitrogens with zero attached hydrogens (tertiary/aromatic N) is 1. The first-order valence-electron chi connectivity index (χ1n) is 7.28. The van der Waals surface area contributed by atoms with Gasteiger partial charge in [0.2, 0.25) is 0 Å². The normalized spacial score (nSPS) is 17.2. The Bertz CT molecular complexity index is 566. The van der Waals surface area contributed by atoms with Gasteiger partial charge in [0.05, 0.1) is 12.6 Å². The lowest BCUT2D eigenvalue weighted by Gasteiger charge is -2.21. The molecule has 1 aromatic carbocycles. The summed E-state index contributed by atoms with van der Waals surface area (Å²) in [7, 11) is 1.81. The molecule has 0 radical (unpaired) electrons. The van der Waals surface area contributed by atoms with Gasteiger partial charge in [-0.15, -0.1) is 0 Å². The van der Waals surface area contributed by atoms with Crippen molar-refractivity contribution < 1.29 is 9.53 Å². The number of hydrogen-bond acceptors (Lipinski definition) is 3. The number of aryl methyl sites for hydroxylation is 1. The number of carbonyl (C=O) groups is 1. The van der Waals surface area contributed by atoms with Crippen molar-refractivity contribution in [3.8, 4) is 11.8 Å². The third kappa shape index (κ3) is 4.07. The summed E-state index contributed by atoms with van der Waals surface area (Å²) in [5.41, 5.74) is 7.96. The first-order chi connectivity index (χ1) is 10.1. The van der Waals surface area contributed by atoms with Gasteiger partial charge in [0.15, 0.2) is 0 Å². The molecule has 0 bridgehead atoms. The van der Waals surface area contributed by atoms with Crippen molar-refractivity contribution in [2.75, 3.05) is 26.7 Å².